The molecule has 0 saturated heterocycles. The van der Waals surface area contributed by atoms with Gasteiger partial charge in [-0.2, -0.15) is 0 Å². The summed E-state index contributed by atoms with van der Waals surface area (Å²) < 4.78 is 0. The molecule has 0 saturated carbocycles. The molecule has 1 aromatic heterocycles. The first-order valence-corrected chi connectivity index (χ1v) is 11.3. The number of rotatable bonds is 4. The molecule has 0 radical (unpaired) electrons. The molecule has 0 spiro atoms. The van der Waals surface area contributed by atoms with Gasteiger partial charge in [0.1, 0.15) is 0 Å². The molecule has 0 aliphatic heterocycles. The Morgan fingerprint density at radius 3 is 1.52 bits per heavy atom. The van der Waals surface area contributed by atoms with Crippen molar-refractivity contribution in [3.63, 3.8) is 0 Å². The summed E-state index contributed by atoms with van der Waals surface area (Å²) in [6.07, 6.45) is 0. The Balaban J connectivity index is 1.71. The fourth-order valence-corrected chi connectivity index (χ4v) is 4.16. The molecule has 160 valence electrons. The second kappa shape index (κ2) is 9.32. The number of halogens is 3. The Bertz CT molecular complexity index is 1380. The van der Waals surface area contributed by atoms with E-state index in [0.29, 0.717) is 32.5 Å². The SMILES string of the molecule is Clc1cc(-c2nc(-c3ccccc3)nc(-c3ccccc3)n2)cc(-c2cc(Cl)ccc2Cl)c1. The van der Waals surface area contributed by atoms with Crippen LogP contribution in [-0.2, 0) is 0 Å². The van der Waals surface area contributed by atoms with Crippen molar-refractivity contribution in [2.75, 3.05) is 0 Å². The van der Waals surface area contributed by atoms with Crippen LogP contribution >= 0.6 is 34.8 Å². The molecule has 0 unspecified atom stereocenters. The van der Waals surface area contributed by atoms with E-state index in [1.54, 1.807) is 12.1 Å². The zero-order chi connectivity index (χ0) is 22.8. The third-order valence-corrected chi connectivity index (χ3v) is 5.88. The Morgan fingerprint density at radius 1 is 0.424 bits per heavy atom. The van der Waals surface area contributed by atoms with E-state index in [1.807, 2.05) is 84.9 Å². The lowest BCUT2D eigenvalue weighted by atomic mass is 10.0. The summed E-state index contributed by atoms with van der Waals surface area (Å²) in [5.74, 6) is 1.69. The Hall–Kier alpha value is -3.24. The van der Waals surface area contributed by atoms with Gasteiger partial charge >= 0.3 is 0 Å². The molecule has 4 aromatic carbocycles. The topological polar surface area (TPSA) is 38.7 Å². The van der Waals surface area contributed by atoms with Crippen LogP contribution < -0.4 is 0 Å². The third-order valence-electron chi connectivity index (χ3n) is 5.09. The van der Waals surface area contributed by atoms with Crippen molar-refractivity contribution in [1.82, 2.24) is 15.0 Å². The maximum absolute atomic E-state index is 6.51. The normalized spacial score (nSPS) is 10.9. The summed E-state index contributed by atoms with van der Waals surface area (Å²) in [5, 5.41) is 1.72. The zero-order valence-corrected chi connectivity index (χ0v) is 19.5. The van der Waals surface area contributed by atoms with Gasteiger partial charge in [0.25, 0.3) is 0 Å². The summed E-state index contributed by atoms with van der Waals surface area (Å²) in [6.45, 7) is 0. The maximum atomic E-state index is 6.51. The highest BCUT2D eigenvalue weighted by Crippen LogP contribution is 2.35. The largest absolute Gasteiger partial charge is 0.208 e. The van der Waals surface area contributed by atoms with Crippen LogP contribution in [0.1, 0.15) is 0 Å². The highest BCUT2D eigenvalue weighted by molar-refractivity contribution is 6.35. The first-order chi connectivity index (χ1) is 16.1. The molecule has 33 heavy (non-hydrogen) atoms. The minimum absolute atomic E-state index is 0.518. The highest BCUT2D eigenvalue weighted by Gasteiger charge is 2.14. The van der Waals surface area contributed by atoms with Gasteiger partial charge in [-0.3, -0.25) is 0 Å². The van der Waals surface area contributed by atoms with Gasteiger partial charge in [-0.1, -0.05) is 95.5 Å². The number of nitrogens with zero attached hydrogens (tertiary/aromatic N) is 3. The summed E-state index contributed by atoms with van der Waals surface area (Å²) in [5.41, 5.74) is 4.17. The van der Waals surface area contributed by atoms with E-state index in [2.05, 4.69) is 0 Å². The van der Waals surface area contributed by atoms with Crippen molar-refractivity contribution >= 4 is 34.8 Å². The number of benzene rings is 4. The average molecular weight is 489 g/mol. The summed E-state index contributed by atoms with van der Waals surface area (Å²) in [7, 11) is 0. The average Bonchev–Trinajstić information content (AvgIpc) is 2.86. The van der Waals surface area contributed by atoms with Crippen LogP contribution in [0.4, 0.5) is 0 Å². The van der Waals surface area contributed by atoms with Crippen molar-refractivity contribution in [3.05, 3.63) is 112 Å². The van der Waals surface area contributed by atoms with Crippen molar-refractivity contribution in [3.8, 4) is 45.3 Å². The van der Waals surface area contributed by atoms with Gasteiger partial charge in [0.15, 0.2) is 17.5 Å². The second-order valence-electron chi connectivity index (χ2n) is 7.39. The molecule has 0 bridgehead atoms. The van der Waals surface area contributed by atoms with E-state index in [0.717, 1.165) is 27.8 Å². The van der Waals surface area contributed by atoms with Crippen LogP contribution in [0.15, 0.2) is 97.1 Å². The summed E-state index contributed by atoms with van der Waals surface area (Å²) in [4.78, 5) is 14.3. The van der Waals surface area contributed by atoms with E-state index in [4.69, 9.17) is 49.8 Å². The monoisotopic (exact) mass is 487 g/mol. The molecule has 0 aliphatic rings. The van der Waals surface area contributed by atoms with Gasteiger partial charge in [0.05, 0.1) is 0 Å². The molecule has 0 atom stereocenters. The van der Waals surface area contributed by atoms with Gasteiger partial charge in [-0.15, -0.1) is 0 Å². The Labute approximate surface area is 206 Å². The molecule has 5 aromatic rings. The molecule has 0 amide bonds. The van der Waals surface area contributed by atoms with Crippen LogP contribution in [0.5, 0.6) is 0 Å². The van der Waals surface area contributed by atoms with Crippen LogP contribution in [0.25, 0.3) is 45.3 Å². The molecular formula is C27H16Cl3N3. The number of hydrogen-bond acceptors (Lipinski definition) is 3. The van der Waals surface area contributed by atoms with Gasteiger partial charge in [-0.05, 0) is 42.0 Å². The lowest BCUT2D eigenvalue weighted by Gasteiger charge is -2.11. The molecular weight excluding hydrogens is 473 g/mol. The fraction of sp³-hybridized carbons (Fsp3) is 0. The first kappa shape index (κ1) is 21.6. The van der Waals surface area contributed by atoms with E-state index in [9.17, 15) is 0 Å². The minimum atomic E-state index is 0.518. The summed E-state index contributed by atoms with van der Waals surface area (Å²) in [6, 6.07) is 30.6. The standard InChI is InChI=1S/C27H16Cl3N3/c28-21-11-12-24(30)23(16-21)19-13-20(15-22(29)14-19)27-32-25(17-7-3-1-4-8-17)31-26(33-27)18-9-5-2-6-10-18/h1-16H. The molecule has 6 heteroatoms. The molecule has 0 fully saturated rings. The van der Waals surface area contributed by atoms with Crippen LogP contribution in [-0.4, -0.2) is 15.0 Å². The third kappa shape index (κ3) is 4.76. The van der Waals surface area contributed by atoms with Crippen molar-refractivity contribution in [2.45, 2.75) is 0 Å². The zero-order valence-electron chi connectivity index (χ0n) is 17.2. The molecule has 0 N–H and O–H groups in total. The van der Waals surface area contributed by atoms with Gasteiger partial charge < -0.3 is 0 Å². The van der Waals surface area contributed by atoms with Gasteiger partial charge in [-0.25, -0.2) is 15.0 Å². The minimum Gasteiger partial charge on any atom is -0.208 e. The van der Waals surface area contributed by atoms with Crippen molar-refractivity contribution in [1.29, 1.82) is 0 Å². The fourth-order valence-electron chi connectivity index (χ4n) is 3.53. The van der Waals surface area contributed by atoms with Crippen molar-refractivity contribution < 1.29 is 0 Å². The van der Waals surface area contributed by atoms with Crippen LogP contribution in [0, 0.1) is 0 Å². The predicted molar refractivity (Wildman–Crippen MR) is 137 cm³/mol. The van der Waals surface area contributed by atoms with Gasteiger partial charge in [0.2, 0.25) is 0 Å². The van der Waals surface area contributed by atoms with Crippen LogP contribution in [0.2, 0.25) is 15.1 Å². The predicted octanol–water partition coefficient (Wildman–Crippen LogP) is 8.50. The maximum Gasteiger partial charge on any atom is 0.164 e. The Morgan fingerprint density at radius 2 is 0.939 bits per heavy atom. The van der Waals surface area contributed by atoms with Crippen LogP contribution in [0.3, 0.4) is 0 Å². The van der Waals surface area contributed by atoms with E-state index >= 15 is 0 Å². The lowest BCUT2D eigenvalue weighted by molar-refractivity contribution is 1.07. The lowest BCUT2D eigenvalue weighted by Crippen LogP contribution is -2.00. The number of hydrogen-bond donors (Lipinski definition) is 0. The highest BCUT2D eigenvalue weighted by atomic mass is 35.5. The molecule has 1 heterocycles. The van der Waals surface area contributed by atoms with E-state index in [1.165, 1.54) is 0 Å². The smallest absolute Gasteiger partial charge is 0.164 e. The quantitative estimate of drug-likeness (QED) is 0.254. The van der Waals surface area contributed by atoms with Gasteiger partial charge in [0, 0.05) is 37.3 Å². The Kier molecular flexibility index (Phi) is 6.10. The molecule has 0 aliphatic carbocycles. The molecule has 5 rings (SSSR count). The summed E-state index contributed by atoms with van der Waals surface area (Å²) >= 11 is 19.2. The second-order valence-corrected chi connectivity index (χ2v) is 8.67. The van der Waals surface area contributed by atoms with Crippen molar-refractivity contribution in [2.24, 2.45) is 0 Å². The first-order valence-electron chi connectivity index (χ1n) is 10.2. The molecule has 3 nitrogen and oxygen atoms in total. The number of aromatic nitrogens is 3. The van der Waals surface area contributed by atoms with E-state index in [-0.39, 0.29) is 0 Å². The van der Waals surface area contributed by atoms with E-state index < -0.39 is 0 Å².